The smallest absolute Gasteiger partial charge is 0.418 e. The molecule has 1 fully saturated rings. The second kappa shape index (κ2) is 11.1. The summed E-state index contributed by atoms with van der Waals surface area (Å²) in [5.74, 6) is -0.463. The van der Waals surface area contributed by atoms with Gasteiger partial charge in [-0.05, 0) is 77.0 Å². The van der Waals surface area contributed by atoms with E-state index in [0.717, 1.165) is 29.5 Å². The normalized spacial score (nSPS) is 17.2. The summed E-state index contributed by atoms with van der Waals surface area (Å²) in [4.78, 5) is 28.5. The van der Waals surface area contributed by atoms with Gasteiger partial charge in [-0.3, -0.25) is 4.79 Å². The van der Waals surface area contributed by atoms with E-state index in [9.17, 15) is 9.59 Å². The fraction of sp³-hybridized carbons (Fsp3) is 0.692. The largest absolute Gasteiger partial charge is 0.443 e. The number of hydrogen-bond acceptors (Lipinski definition) is 5. The van der Waals surface area contributed by atoms with E-state index in [0.29, 0.717) is 5.25 Å². The SMILES string of the molecule is Cc1cc(C)c([C@@H](SC2CCCCC2)N(C(=O)OC(C)(C)C)C(=O)[C@H](N)C(C)C)c(C)c1. The summed E-state index contributed by atoms with van der Waals surface area (Å²) in [6, 6.07) is 3.47. The summed E-state index contributed by atoms with van der Waals surface area (Å²) in [7, 11) is 0. The number of amides is 2. The van der Waals surface area contributed by atoms with Crippen LogP contribution in [0.2, 0.25) is 0 Å². The van der Waals surface area contributed by atoms with Crippen LogP contribution in [0.5, 0.6) is 0 Å². The van der Waals surface area contributed by atoms with E-state index >= 15 is 0 Å². The first-order valence-electron chi connectivity index (χ1n) is 11.9. The van der Waals surface area contributed by atoms with Gasteiger partial charge in [-0.2, -0.15) is 0 Å². The number of nitrogens with two attached hydrogens (primary N) is 1. The minimum atomic E-state index is -0.775. The van der Waals surface area contributed by atoms with E-state index in [4.69, 9.17) is 10.5 Å². The number of carbonyl (C=O) groups is 2. The van der Waals surface area contributed by atoms with Crippen molar-refractivity contribution in [3.05, 3.63) is 34.4 Å². The Morgan fingerprint density at radius 2 is 1.59 bits per heavy atom. The van der Waals surface area contributed by atoms with Crippen molar-refractivity contribution in [1.29, 1.82) is 0 Å². The van der Waals surface area contributed by atoms with Gasteiger partial charge in [0.25, 0.3) is 0 Å². The molecule has 1 aliphatic carbocycles. The van der Waals surface area contributed by atoms with Crippen LogP contribution in [0.15, 0.2) is 12.1 Å². The molecule has 0 heterocycles. The molecule has 1 aliphatic rings. The molecule has 1 saturated carbocycles. The monoisotopic (exact) mass is 462 g/mol. The predicted octanol–water partition coefficient (Wildman–Crippen LogP) is 6.42. The molecule has 0 aliphatic heterocycles. The highest BCUT2D eigenvalue weighted by Gasteiger charge is 2.40. The number of hydrogen-bond donors (Lipinski definition) is 1. The van der Waals surface area contributed by atoms with Gasteiger partial charge in [0, 0.05) is 5.25 Å². The molecular formula is C26H42N2O3S. The van der Waals surface area contributed by atoms with E-state index in [1.807, 2.05) is 34.6 Å². The Labute approximate surface area is 198 Å². The van der Waals surface area contributed by atoms with Crippen LogP contribution in [0, 0.1) is 26.7 Å². The summed E-state index contributed by atoms with van der Waals surface area (Å²) >= 11 is 1.72. The number of imide groups is 1. The highest BCUT2D eigenvalue weighted by molar-refractivity contribution is 8.00. The molecule has 2 N–H and O–H groups in total. The summed E-state index contributed by atoms with van der Waals surface area (Å²) in [6.07, 6.45) is 5.18. The standard InChI is InChI=1S/C26H42N2O3S/c1-16(2)22(27)23(29)28(25(30)31-26(6,7)8)24(32-20-12-10-9-11-13-20)21-18(4)14-17(3)15-19(21)5/h14-16,20,22,24H,9-13,27H2,1-8H3/t22-,24-/m1/s1. The van der Waals surface area contributed by atoms with Gasteiger partial charge in [0.2, 0.25) is 5.91 Å². The molecule has 1 aromatic carbocycles. The van der Waals surface area contributed by atoms with E-state index in [-0.39, 0.29) is 11.8 Å². The Hall–Kier alpha value is -1.53. The molecule has 2 rings (SSSR count). The first kappa shape index (κ1) is 26.7. The summed E-state index contributed by atoms with van der Waals surface area (Å²) in [5, 5.41) is -0.0762. The molecule has 0 unspecified atom stereocenters. The maximum Gasteiger partial charge on any atom is 0.418 e. The minimum Gasteiger partial charge on any atom is -0.443 e. The second-order valence-electron chi connectivity index (χ2n) is 10.5. The van der Waals surface area contributed by atoms with Crippen molar-refractivity contribution in [2.75, 3.05) is 0 Å². The fourth-order valence-electron chi connectivity index (χ4n) is 4.28. The predicted molar refractivity (Wildman–Crippen MR) is 134 cm³/mol. The number of thioether (sulfide) groups is 1. The van der Waals surface area contributed by atoms with Gasteiger partial charge >= 0.3 is 6.09 Å². The molecule has 0 bridgehead atoms. The minimum absolute atomic E-state index is 0.0898. The van der Waals surface area contributed by atoms with Gasteiger partial charge in [0.05, 0.1) is 6.04 Å². The van der Waals surface area contributed by atoms with Crippen molar-refractivity contribution in [3.8, 4) is 0 Å². The molecular weight excluding hydrogens is 420 g/mol. The van der Waals surface area contributed by atoms with Gasteiger partial charge in [0.15, 0.2) is 0 Å². The molecule has 32 heavy (non-hydrogen) atoms. The molecule has 2 amide bonds. The molecule has 0 aromatic heterocycles. The Balaban J connectivity index is 2.61. The van der Waals surface area contributed by atoms with Gasteiger partial charge in [-0.25, -0.2) is 9.69 Å². The average Bonchev–Trinajstić information content (AvgIpc) is 2.65. The van der Waals surface area contributed by atoms with Crippen molar-refractivity contribution >= 4 is 23.8 Å². The lowest BCUT2D eigenvalue weighted by molar-refractivity contribution is -0.133. The maximum atomic E-state index is 13.6. The number of rotatable bonds is 6. The number of nitrogens with zero attached hydrogens (tertiary/aromatic N) is 1. The Bertz CT molecular complexity index is 787. The van der Waals surface area contributed by atoms with E-state index in [2.05, 4.69) is 32.9 Å². The van der Waals surface area contributed by atoms with Gasteiger partial charge in [-0.15, -0.1) is 11.8 Å². The van der Waals surface area contributed by atoms with Crippen LogP contribution in [0.4, 0.5) is 4.79 Å². The number of carbonyl (C=O) groups excluding carboxylic acids is 2. The van der Waals surface area contributed by atoms with E-state index < -0.39 is 23.1 Å². The average molecular weight is 463 g/mol. The molecule has 6 heteroatoms. The molecule has 1 aromatic rings. The Kier molecular flexibility index (Phi) is 9.24. The topological polar surface area (TPSA) is 72.6 Å². The Morgan fingerprint density at radius 1 is 1.06 bits per heavy atom. The van der Waals surface area contributed by atoms with Crippen LogP contribution in [0.3, 0.4) is 0 Å². The van der Waals surface area contributed by atoms with E-state index in [1.165, 1.54) is 29.7 Å². The summed E-state index contributed by atoms with van der Waals surface area (Å²) in [5.41, 5.74) is 9.93. The van der Waals surface area contributed by atoms with Crippen LogP contribution in [-0.2, 0) is 9.53 Å². The number of aryl methyl sites for hydroxylation is 3. The molecule has 0 radical (unpaired) electrons. The molecule has 0 spiro atoms. The van der Waals surface area contributed by atoms with Crippen molar-refractivity contribution < 1.29 is 14.3 Å². The van der Waals surface area contributed by atoms with E-state index in [1.54, 1.807) is 11.8 Å². The Morgan fingerprint density at radius 3 is 2.06 bits per heavy atom. The molecule has 5 nitrogen and oxygen atoms in total. The highest BCUT2D eigenvalue weighted by Crippen LogP contribution is 2.44. The lowest BCUT2D eigenvalue weighted by Crippen LogP contribution is -2.51. The third-order valence-electron chi connectivity index (χ3n) is 5.92. The van der Waals surface area contributed by atoms with Crippen LogP contribution in [0.25, 0.3) is 0 Å². The summed E-state index contributed by atoms with van der Waals surface area (Å²) in [6.45, 7) is 15.5. The molecule has 180 valence electrons. The maximum absolute atomic E-state index is 13.6. The first-order chi connectivity index (χ1) is 14.8. The van der Waals surface area contributed by atoms with Crippen molar-refractivity contribution in [3.63, 3.8) is 0 Å². The van der Waals surface area contributed by atoms with Gasteiger partial charge in [-0.1, -0.05) is 50.8 Å². The van der Waals surface area contributed by atoms with Crippen molar-refractivity contribution in [2.24, 2.45) is 11.7 Å². The third-order valence-corrected chi connectivity index (χ3v) is 7.48. The molecule has 2 atom stereocenters. The van der Waals surface area contributed by atoms with Crippen molar-refractivity contribution in [2.45, 2.75) is 110 Å². The second-order valence-corrected chi connectivity index (χ2v) is 11.9. The quantitative estimate of drug-likeness (QED) is 0.494. The number of benzene rings is 1. The zero-order valence-corrected chi connectivity index (χ0v) is 22.0. The fourth-order valence-corrected chi connectivity index (χ4v) is 6.07. The van der Waals surface area contributed by atoms with Crippen LogP contribution >= 0.6 is 11.8 Å². The van der Waals surface area contributed by atoms with Crippen LogP contribution in [0.1, 0.15) is 94.4 Å². The summed E-state index contributed by atoms with van der Waals surface area (Å²) < 4.78 is 5.74. The van der Waals surface area contributed by atoms with Crippen molar-refractivity contribution in [1.82, 2.24) is 4.90 Å². The van der Waals surface area contributed by atoms with Crippen LogP contribution in [-0.4, -0.2) is 33.8 Å². The molecule has 0 saturated heterocycles. The van der Waals surface area contributed by atoms with Gasteiger partial charge in [0.1, 0.15) is 11.0 Å². The first-order valence-corrected chi connectivity index (χ1v) is 12.8. The third kappa shape index (κ3) is 6.98. The lowest BCUT2D eigenvalue weighted by Gasteiger charge is -2.37. The highest BCUT2D eigenvalue weighted by atomic mass is 32.2. The lowest BCUT2D eigenvalue weighted by atomic mass is 9.98. The van der Waals surface area contributed by atoms with Crippen LogP contribution < -0.4 is 5.73 Å². The number of ether oxygens (including phenoxy) is 1. The zero-order valence-electron chi connectivity index (χ0n) is 21.2. The zero-order chi connectivity index (χ0) is 24.2. The van der Waals surface area contributed by atoms with Gasteiger partial charge < -0.3 is 10.5 Å².